The Labute approximate surface area is 158 Å². The van der Waals surface area contributed by atoms with E-state index in [1.54, 1.807) is 0 Å². The Morgan fingerprint density at radius 3 is 2.58 bits per heavy atom. The zero-order valence-corrected chi connectivity index (χ0v) is 16.4. The van der Waals surface area contributed by atoms with Crippen LogP contribution >= 0.6 is 0 Å². The number of piperazine rings is 1. The minimum Gasteiger partial charge on any atom is -0.477 e. The smallest absolute Gasteiger partial charge is 0.232 e. The Morgan fingerprint density at radius 1 is 0.923 bits per heavy atom. The first kappa shape index (κ1) is 18.3. The highest BCUT2D eigenvalue weighted by atomic mass is 16.5. The normalized spacial score (nSPS) is 23.1. The predicted molar refractivity (Wildman–Crippen MR) is 105 cm³/mol. The summed E-state index contributed by atoms with van der Waals surface area (Å²) in [5.41, 5.74) is 1.35. The molecule has 0 atom stereocenters. The van der Waals surface area contributed by atoms with E-state index in [0.29, 0.717) is 0 Å². The molecule has 1 saturated heterocycles. The third kappa shape index (κ3) is 4.80. The van der Waals surface area contributed by atoms with Crippen molar-refractivity contribution < 1.29 is 4.74 Å². The van der Waals surface area contributed by atoms with Gasteiger partial charge in [-0.05, 0) is 51.5 Å². The molecule has 1 aromatic rings. The van der Waals surface area contributed by atoms with Crippen molar-refractivity contribution in [2.75, 3.05) is 39.3 Å². The molecule has 1 aliphatic carbocycles. The highest BCUT2D eigenvalue weighted by Gasteiger charge is 2.24. The van der Waals surface area contributed by atoms with E-state index in [2.05, 4.69) is 25.6 Å². The van der Waals surface area contributed by atoms with Crippen molar-refractivity contribution in [2.45, 2.75) is 76.8 Å². The van der Waals surface area contributed by atoms with Crippen LogP contribution in [-0.2, 0) is 13.0 Å². The number of aromatic nitrogens is 2. The van der Waals surface area contributed by atoms with Gasteiger partial charge in [-0.15, -0.1) is 5.10 Å². The molecule has 5 heteroatoms. The highest BCUT2D eigenvalue weighted by Crippen LogP contribution is 2.23. The summed E-state index contributed by atoms with van der Waals surface area (Å²) >= 11 is 0. The van der Waals surface area contributed by atoms with Gasteiger partial charge in [-0.1, -0.05) is 19.3 Å². The van der Waals surface area contributed by atoms with Gasteiger partial charge in [-0.25, -0.2) is 0 Å². The van der Waals surface area contributed by atoms with Crippen LogP contribution in [0, 0.1) is 0 Å². The third-order valence-electron chi connectivity index (χ3n) is 6.51. The highest BCUT2D eigenvalue weighted by molar-refractivity contribution is 5.16. The average molecular weight is 361 g/mol. The van der Waals surface area contributed by atoms with E-state index in [1.165, 1.54) is 89.8 Å². The number of aryl methyl sites for hydroxylation is 2. The Kier molecular flexibility index (Phi) is 6.49. The van der Waals surface area contributed by atoms with E-state index >= 15 is 0 Å². The van der Waals surface area contributed by atoms with Gasteiger partial charge in [0.25, 0.3) is 0 Å². The SMILES string of the molecule is c1c(OCCCCN2CCN(C3CCCCC3)CC2)nn2c1CCCC2. The maximum Gasteiger partial charge on any atom is 0.232 e. The van der Waals surface area contributed by atoms with Crippen molar-refractivity contribution in [1.29, 1.82) is 0 Å². The van der Waals surface area contributed by atoms with Crippen LogP contribution in [0.3, 0.4) is 0 Å². The summed E-state index contributed by atoms with van der Waals surface area (Å²) in [6.07, 6.45) is 13.3. The van der Waals surface area contributed by atoms with Crippen molar-refractivity contribution in [2.24, 2.45) is 0 Å². The number of unbranched alkanes of at least 4 members (excludes halogenated alkanes) is 1. The Balaban J connectivity index is 1.08. The first-order chi connectivity index (χ1) is 12.9. The standard InChI is InChI=1S/C21H36N4O/c1-2-8-19(9-3-1)24-15-13-23(14-16-24)11-6-7-17-26-21-18-20-10-4-5-12-25(20)22-21/h18-19H,1-17H2. The second-order valence-electron chi connectivity index (χ2n) is 8.38. The summed E-state index contributed by atoms with van der Waals surface area (Å²) in [5.74, 6) is 0.836. The Morgan fingerprint density at radius 2 is 1.77 bits per heavy atom. The van der Waals surface area contributed by atoms with E-state index in [9.17, 15) is 0 Å². The lowest BCUT2D eigenvalue weighted by Gasteiger charge is -2.40. The molecule has 26 heavy (non-hydrogen) atoms. The molecule has 0 radical (unpaired) electrons. The van der Waals surface area contributed by atoms with E-state index in [0.717, 1.165) is 37.9 Å². The lowest BCUT2D eigenvalue weighted by atomic mass is 9.94. The molecule has 4 rings (SSSR count). The van der Waals surface area contributed by atoms with Crippen LogP contribution in [0.1, 0.15) is 63.5 Å². The molecule has 2 aliphatic heterocycles. The molecule has 0 aromatic carbocycles. The number of hydrogen-bond acceptors (Lipinski definition) is 4. The van der Waals surface area contributed by atoms with E-state index < -0.39 is 0 Å². The van der Waals surface area contributed by atoms with Crippen molar-refractivity contribution >= 4 is 0 Å². The predicted octanol–water partition coefficient (Wildman–Crippen LogP) is 3.33. The van der Waals surface area contributed by atoms with Crippen molar-refractivity contribution in [3.8, 4) is 5.88 Å². The number of hydrogen-bond donors (Lipinski definition) is 0. The molecular formula is C21H36N4O. The van der Waals surface area contributed by atoms with Crippen molar-refractivity contribution in [3.05, 3.63) is 11.8 Å². The molecule has 0 N–H and O–H groups in total. The molecular weight excluding hydrogens is 324 g/mol. The Hall–Kier alpha value is -1.07. The van der Waals surface area contributed by atoms with Crippen LogP contribution < -0.4 is 4.74 Å². The van der Waals surface area contributed by atoms with Crippen LogP contribution in [0.15, 0.2) is 6.07 Å². The zero-order chi connectivity index (χ0) is 17.6. The lowest BCUT2D eigenvalue weighted by molar-refractivity contribution is 0.0776. The molecule has 3 heterocycles. The summed E-state index contributed by atoms with van der Waals surface area (Å²) in [5, 5.41) is 4.57. The minimum atomic E-state index is 0.804. The molecule has 1 saturated carbocycles. The molecule has 2 fully saturated rings. The second-order valence-corrected chi connectivity index (χ2v) is 8.38. The van der Waals surface area contributed by atoms with Gasteiger partial charge in [0.2, 0.25) is 5.88 Å². The van der Waals surface area contributed by atoms with Crippen molar-refractivity contribution in [1.82, 2.24) is 19.6 Å². The van der Waals surface area contributed by atoms with Crippen molar-refractivity contribution in [3.63, 3.8) is 0 Å². The van der Waals surface area contributed by atoms with Crippen LogP contribution in [0.5, 0.6) is 5.88 Å². The molecule has 5 nitrogen and oxygen atoms in total. The van der Waals surface area contributed by atoms with Gasteiger partial charge < -0.3 is 9.64 Å². The fourth-order valence-corrected chi connectivity index (χ4v) is 4.87. The first-order valence-corrected chi connectivity index (χ1v) is 11.0. The fourth-order valence-electron chi connectivity index (χ4n) is 4.87. The lowest BCUT2D eigenvalue weighted by Crippen LogP contribution is -2.50. The molecule has 0 spiro atoms. The average Bonchev–Trinajstić information content (AvgIpc) is 3.12. The number of ether oxygens (including phenoxy) is 1. The van der Waals surface area contributed by atoms with Gasteiger partial charge in [-0.3, -0.25) is 9.58 Å². The quantitative estimate of drug-likeness (QED) is 0.699. The van der Waals surface area contributed by atoms with Gasteiger partial charge in [-0.2, -0.15) is 0 Å². The second kappa shape index (κ2) is 9.23. The van der Waals surface area contributed by atoms with Crippen LogP contribution in [0.2, 0.25) is 0 Å². The third-order valence-corrected chi connectivity index (χ3v) is 6.51. The molecule has 3 aliphatic rings. The van der Waals surface area contributed by atoms with Crippen LogP contribution in [-0.4, -0.2) is 65.0 Å². The molecule has 0 bridgehead atoms. The van der Waals surface area contributed by atoms with Crippen LogP contribution in [0.4, 0.5) is 0 Å². The zero-order valence-electron chi connectivity index (χ0n) is 16.4. The number of fused-ring (bicyclic) bond motifs is 1. The summed E-state index contributed by atoms with van der Waals surface area (Å²) < 4.78 is 8.02. The van der Waals surface area contributed by atoms with Gasteiger partial charge in [0.05, 0.1) is 6.61 Å². The maximum atomic E-state index is 5.89. The molecule has 1 aromatic heterocycles. The number of nitrogens with zero attached hydrogens (tertiary/aromatic N) is 4. The van der Waals surface area contributed by atoms with Gasteiger partial charge in [0.15, 0.2) is 0 Å². The Bertz CT molecular complexity index is 521. The van der Waals surface area contributed by atoms with Gasteiger partial charge >= 0.3 is 0 Å². The summed E-state index contributed by atoms with van der Waals surface area (Å²) in [6.45, 7) is 8.16. The van der Waals surface area contributed by atoms with E-state index in [-0.39, 0.29) is 0 Å². The van der Waals surface area contributed by atoms with Gasteiger partial charge in [0, 0.05) is 50.5 Å². The fraction of sp³-hybridized carbons (Fsp3) is 0.857. The summed E-state index contributed by atoms with van der Waals surface area (Å²) in [6, 6.07) is 3.03. The van der Waals surface area contributed by atoms with Gasteiger partial charge in [0.1, 0.15) is 0 Å². The van der Waals surface area contributed by atoms with E-state index in [4.69, 9.17) is 4.74 Å². The largest absolute Gasteiger partial charge is 0.477 e. The van der Waals surface area contributed by atoms with E-state index in [1.807, 2.05) is 0 Å². The first-order valence-electron chi connectivity index (χ1n) is 11.0. The topological polar surface area (TPSA) is 33.5 Å². The summed E-state index contributed by atoms with van der Waals surface area (Å²) in [7, 11) is 0. The minimum absolute atomic E-state index is 0.804. The summed E-state index contributed by atoms with van der Waals surface area (Å²) in [4.78, 5) is 5.41. The molecule has 146 valence electrons. The molecule has 0 unspecified atom stereocenters. The number of rotatable bonds is 7. The maximum absolute atomic E-state index is 5.89. The molecule has 0 amide bonds. The monoisotopic (exact) mass is 360 g/mol. The van der Waals surface area contributed by atoms with Crippen LogP contribution in [0.25, 0.3) is 0 Å².